The van der Waals surface area contributed by atoms with Crippen LogP contribution in [0.3, 0.4) is 0 Å². The first-order chi connectivity index (χ1) is 19.7. The third-order valence-corrected chi connectivity index (χ3v) is 8.94. The molecule has 1 saturated carbocycles. The topological polar surface area (TPSA) is 91.9 Å². The van der Waals surface area contributed by atoms with E-state index in [0.717, 1.165) is 44.3 Å². The van der Waals surface area contributed by atoms with Gasteiger partial charge in [-0.3, -0.25) is 4.79 Å². The molecule has 206 valence electrons. The zero-order chi connectivity index (χ0) is 27.1. The van der Waals surface area contributed by atoms with Crippen LogP contribution in [0.4, 0.5) is 16.2 Å². The molecule has 3 aliphatic heterocycles. The molecule has 3 aromatic carbocycles. The molecule has 40 heavy (non-hydrogen) atoms. The lowest BCUT2D eigenvalue weighted by atomic mass is 9.79. The van der Waals surface area contributed by atoms with Crippen LogP contribution in [0.25, 0.3) is 0 Å². The van der Waals surface area contributed by atoms with Gasteiger partial charge in [0.25, 0.3) is 0 Å². The van der Waals surface area contributed by atoms with Gasteiger partial charge in [-0.1, -0.05) is 61.4 Å². The second-order valence-electron chi connectivity index (χ2n) is 11.2. The molecule has 8 nitrogen and oxygen atoms in total. The fourth-order valence-corrected chi connectivity index (χ4v) is 7.08. The van der Waals surface area contributed by atoms with Gasteiger partial charge >= 0.3 is 6.03 Å². The van der Waals surface area contributed by atoms with E-state index < -0.39 is 0 Å². The highest BCUT2D eigenvalue weighted by molar-refractivity contribution is 5.91. The summed E-state index contributed by atoms with van der Waals surface area (Å²) in [6, 6.07) is 23.9. The molecule has 1 saturated heterocycles. The summed E-state index contributed by atoms with van der Waals surface area (Å²) in [6.07, 6.45) is 4.49. The molecule has 1 aliphatic carbocycles. The van der Waals surface area contributed by atoms with Gasteiger partial charge in [-0.05, 0) is 48.6 Å². The average molecular weight is 539 g/mol. The molecule has 3 amide bonds. The molecule has 7 rings (SSSR count). The Labute approximate surface area is 234 Å². The van der Waals surface area contributed by atoms with Crippen molar-refractivity contribution in [3.05, 3.63) is 83.9 Å². The lowest BCUT2D eigenvalue weighted by Gasteiger charge is -2.42. The molecule has 0 aromatic heterocycles. The first-order valence-electron chi connectivity index (χ1n) is 14.3. The number of nitrogens with zero attached hydrogens (tertiary/aromatic N) is 1. The Morgan fingerprint density at radius 1 is 0.875 bits per heavy atom. The van der Waals surface area contributed by atoms with Gasteiger partial charge in [-0.25, -0.2) is 4.79 Å². The summed E-state index contributed by atoms with van der Waals surface area (Å²) in [5, 5.41) is 9.82. The first-order valence-corrected chi connectivity index (χ1v) is 14.3. The number of carbonyl (C=O) groups excluding carboxylic acids is 2. The van der Waals surface area contributed by atoms with E-state index in [-0.39, 0.29) is 48.7 Å². The predicted octanol–water partition coefficient (Wildman–Crippen LogP) is 5.85. The number of fused-ring (bicyclic) bond motifs is 4. The summed E-state index contributed by atoms with van der Waals surface area (Å²) < 4.78 is 10.8. The van der Waals surface area contributed by atoms with Crippen molar-refractivity contribution < 1.29 is 19.1 Å². The third-order valence-electron chi connectivity index (χ3n) is 8.94. The Hall–Kier alpha value is -4.20. The number of likely N-dealkylation sites (tertiary alicyclic amines) is 1. The van der Waals surface area contributed by atoms with E-state index in [1.165, 1.54) is 11.1 Å². The molecule has 0 radical (unpaired) electrons. The Bertz CT molecular complexity index is 1410. The minimum Gasteiger partial charge on any atom is -0.454 e. The van der Waals surface area contributed by atoms with Crippen LogP contribution in [0.2, 0.25) is 0 Å². The second-order valence-corrected chi connectivity index (χ2v) is 11.2. The van der Waals surface area contributed by atoms with Crippen LogP contribution in [-0.2, 0) is 4.79 Å². The Kier molecular flexibility index (Phi) is 6.46. The summed E-state index contributed by atoms with van der Waals surface area (Å²) in [7, 11) is 0. The van der Waals surface area contributed by atoms with Crippen LogP contribution in [-0.4, -0.2) is 36.2 Å². The van der Waals surface area contributed by atoms with Crippen LogP contribution < -0.4 is 25.4 Å². The fourth-order valence-electron chi connectivity index (χ4n) is 7.08. The first kappa shape index (κ1) is 24.8. The minimum absolute atomic E-state index is 0.0141. The molecule has 2 fully saturated rings. The number of urea groups is 1. The molecule has 5 atom stereocenters. The number of benzene rings is 3. The number of amides is 3. The predicted molar refractivity (Wildman–Crippen MR) is 152 cm³/mol. The number of hydrogen-bond acceptors (Lipinski definition) is 5. The quantitative estimate of drug-likeness (QED) is 0.388. The molecule has 8 heteroatoms. The van der Waals surface area contributed by atoms with E-state index in [2.05, 4.69) is 69.4 Å². The van der Waals surface area contributed by atoms with Crippen molar-refractivity contribution in [1.82, 2.24) is 10.2 Å². The van der Waals surface area contributed by atoms with Crippen molar-refractivity contribution in [2.24, 2.45) is 11.8 Å². The van der Waals surface area contributed by atoms with Crippen molar-refractivity contribution in [2.75, 3.05) is 24.0 Å². The number of ether oxygens (including phenoxy) is 2. The van der Waals surface area contributed by atoms with Gasteiger partial charge in [-0.15, -0.1) is 0 Å². The van der Waals surface area contributed by atoms with Gasteiger partial charge in [0.15, 0.2) is 11.5 Å². The van der Waals surface area contributed by atoms with Crippen LogP contribution in [0.15, 0.2) is 72.8 Å². The average Bonchev–Trinajstić information content (AvgIpc) is 3.65. The molecule has 3 N–H and O–H groups in total. The maximum Gasteiger partial charge on any atom is 0.319 e. The van der Waals surface area contributed by atoms with E-state index in [1.54, 1.807) is 18.2 Å². The van der Waals surface area contributed by atoms with Crippen molar-refractivity contribution in [3.8, 4) is 11.5 Å². The number of nitrogens with one attached hydrogen (secondary N) is 3. The van der Waals surface area contributed by atoms with Crippen LogP contribution >= 0.6 is 0 Å². The molecule has 0 unspecified atom stereocenters. The van der Waals surface area contributed by atoms with Gasteiger partial charge in [0, 0.05) is 35.9 Å². The lowest BCUT2D eigenvalue weighted by Crippen LogP contribution is -2.51. The van der Waals surface area contributed by atoms with Gasteiger partial charge < -0.3 is 30.3 Å². The number of carbonyl (C=O) groups is 2. The normalized spacial score (nSPS) is 26.3. The maximum absolute atomic E-state index is 14.3. The van der Waals surface area contributed by atoms with E-state index in [4.69, 9.17) is 9.47 Å². The number of anilines is 2. The lowest BCUT2D eigenvalue weighted by molar-refractivity contribution is -0.138. The summed E-state index contributed by atoms with van der Waals surface area (Å²) >= 11 is 0. The van der Waals surface area contributed by atoms with Gasteiger partial charge in [0.1, 0.15) is 0 Å². The Morgan fingerprint density at radius 3 is 2.58 bits per heavy atom. The molecular weight excluding hydrogens is 504 g/mol. The van der Waals surface area contributed by atoms with E-state index in [1.807, 2.05) is 6.07 Å². The van der Waals surface area contributed by atoms with Crippen LogP contribution in [0.5, 0.6) is 11.5 Å². The summed E-state index contributed by atoms with van der Waals surface area (Å²) in [6.45, 7) is 0.905. The second kappa shape index (κ2) is 10.4. The number of para-hydroxylation sites is 1. The fraction of sp³-hybridized carbons (Fsp3) is 0.375. The highest BCUT2D eigenvalue weighted by Crippen LogP contribution is 2.51. The van der Waals surface area contributed by atoms with Crippen molar-refractivity contribution in [1.29, 1.82) is 0 Å². The Morgan fingerprint density at radius 2 is 1.68 bits per heavy atom. The summed E-state index contributed by atoms with van der Waals surface area (Å²) in [4.78, 5) is 29.4. The van der Waals surface area contributed by atoms with Crippen molar-refractivity contribution in [2.45, 2.75) is 50.2 Å². The minimum atomic E-state index is -0.306. The molecule has 0 bridgehead atoms. The monoisotopic (exact) mass is 538 g/mol. The zero-order valence-corrected chi connectivity index (χ0v) is 22.3. The van der Waals surface area contributed by atoms with Crippen LogP contribution in [0, 0.1) is 11.8 Å². The van der Waals surface area contributed by atoms with E-state index >= 15 is 0 Å². The van der Waals surface area contributed by atoms with E-state index in [0.29, 0.717) is 17.2 Å². The van der Waals surface area contributed by atoms with Gasteiger partial charge in [-0.2, -0.15) is 0 Å². The number of rotatable bonds is 4. The largest absolute Gasteiger partial charge is 0.454 e. The standard InChI is InChI=1S/C32H34N4O4/c37-31(23-11-5-7-13-26(23)35-32(38)33-21-14-15-27-28(18-21)40-19-39-27)36-17-16-24-29(20-8-2-1-3-9-20)34-25-12-6-4-10-22(25)30(24)36/h1-4,6,8-10,12,14-15,18,23-24,26,29-30,34H,5,7,11,13,16-17,19H2,(H2,33,35,38)/t23-,24-,26+,29-,30-/m0/s1. The van der Waals surface area contributed by atoms with Crippen molar-refractivity contribution >= 4 is 23.3 Å². The SMILES string of the molecule is O=C(Nc1ccc2c(c1)OCO2)N[C@@H]1CCCC[C@@H]1C(=O)N1CC[C@H]2[C@H](c3ccccc3)Nc3ccccc3[C@@H]21. The highest BCUT2D eigenvalue weighted by Gasteiger charge is 2.48. The molecule has 3 heterocycles. The van der Waals surface area contributed by atoms with Gasteiger partial charge in [0.2, 0.25) is 12.7 Å². The summed E-state index contributed by atoms with van der Waals surface area (Å²) in [5.41, 5.74) is 4.16. The Balaban J connectivity index is 1.10. The van der Waals surface area contributed by atoms with Crippen LogP contribution in [0.1, 0.15) is 55.3 Å². The molecule has 0 spiro atoms. The van der Waals surface area contributed by atoms with Crippen molar-refractivity contribution in [3.63, 3.8) is 0 Å². The molecule has 4 aliphatic rings. The molecule has 3 aromatic rings. The zero-order valence-electron chi connectivity index (χ0n) is 22.3. The third kappa shape index (κ3) is 4.51. The summed E-state index contributed by atoms with van der Waals surface area (Å²) in [5.74, 6) is 1.48. The van der Waals surface area contributed by atoms with Gasteiger partial charge in [0.05, 0.1) is 18.0 Å². The van der Waals surface area contributed by atoms with E-state index in [9.17, 15) is 9.59 Å². The highest BCUT2D eigenvalue weighted by atomic mass is 16.7. The maximum atomic E-state index is 14.3. The number of hydrogen-bond donors (Lipinski definition) is 3. The molecular formula is C32H34N4O4. The smallest absolute Gasteiger partial charge is 0.319 e.